The van der Waals surface area contributed by atoms with Gasteiger partial charge in [-0.1, -0.05) is 53.4 Å². The zero-order chi connectivity index (χ0) is 17.6. The number of piperidine rings is 1. The summed E-state index contributed by atoms with van der Waals surface area (Å²) in [4.78, 5) is 14.7. The fraction of sp³-hybridized carbons (Fsp3) is 0.500. The number of carbonyl (C=O) groups is 1. The highest BCUT2D eigenvalue weighted by atomic mass is 32.2. The van der Waals surface area contributed by atoms with E-state index in [4.69, 9.17) is 0 Å². The van der Waals surface area contributed by atoms with Crippen molar-refractivity contribution in [3.8, 4) is 0 Å². The number of rotatable bonds is 6. The average Bonchev–Trinajstić information content (AvgIpc) is 3.10. The monoisotopic (exact) mass is 376 g/mol. The molecular formula is C18H24N4OS2. The lowest BCUT2D eigenvalue weighted by Crippen LogP contribution is -2.42. The number of hydrogen-bond acceptors (Lipinski definition) is 6. The van der Waals surface area contributed by atoms with Crippen LogP contribution in [0.5, 0.6) is 0 Å². The summed E-state index contributed by atoms with van der Waals surface area (Å²) < 4.78 is 0.837. The first-order valence-corrected chi connectivity index (χ1v) is 10.4. The molecule has 0 saturated carbocycles. The Morgan fingerprint density at radius 1 is 1.32 bits per heavy atom. The second-order valence-corrected chi connectivity index (χ2v) is 8.91. The molecule has 5 nitrogen and oxygen atoms in total. The van der Waals surface area contributed by atoms with E-state index in [-0.39, 0.29) is 11.2 Å². The molecule has 1 aromatic heterocycles. The van der Waals surface area contributed by atoms with Gasteiger partial charge in [0, 0.05) is 20.1 Å². The molecule has 134 valence electrons. The summed E-state index contributed by atoms with van der Waals surface area (Å²) in [6.45, 7) is 3.68. The maximum absolute atomic E-state index is 12.7. The summed E-state index contributed by atoms with van der Waals surface area (Å²) in [6, 6.07) is 10.6. The highest BCUT2D eigenvalue weighted by Crippen LogP contribution is 2.30. The smallest absolute Gasteiger partial charge is 0.235 e. The molecule has 1 aliphatic heterocycles. The van der Waals surface area contributed by atoms with Crippen LogP contribution in [-0.2, 0) is 11.2 Å². The van der Waals surface area contributed by atoms with E-state index in [0.717, 1.165) is 41.8 Å². The van der Waals surface area contributed by atoms with Crippen molar-refractivity contribution in [1.82, 2.24) is 15.1 Å². The molecule has 0 bridgehead atoms. The normalized spacial score (nSPS) is 16.6. The molecule has 1 atom stereocenters. The van der Waals surface area contributed by atoms with Gasteiger partial charge in [-0.2, -0.15) is 0 Å². The van der Waals surface area contributed by atoms with Crippen molar-refractivity contribution < 1.29 is 4.79 Å². The van der Waals surface area contributed by atoms with Crippen molar-refractivity contribution in [2.24, 2.45) is 5.92 Å². The SMILES string of the molecule is CNc1nnc(S[C@H](C)C(=O)N2CCC(Cc3ccccc3)CC2)s1. The lowest BCUT2D eigenvalue weighted by molar-refractivity contribution is -0.131. The van der Waals surface area contributed by atoms with Crippen molar-refractivity contribution in [2.45, 2.75) is 35.8 Å². The van der Waals surface area contributed by atoms with Crippen LogP contribution < -0.4 is 5.32 Å². The Morgan fingerprint density at radius 3 is 2.68 bits per heavy atom. The van der Waals surface area contributed by atoms with Crippen molar-refractivity contribution in [3.05, 3.63) is 35.9 Å². The summed E-state index contributed by atoms with van der Waals surface area (Å²) in [6.07, 6.45) is 3.28. The number of thioether (sulfide) groups is 1. The molecule has 1 aromatic carbocycles. The Labute approximate surface area is 157 Å². The van der Waals surface area contributed by atoms with Gasteiger partial charge in [0.2, 0.25) is 11.0 Å². The quantitative estimate of drug-likeness (QED) is 0.782. The topological polar surface area (TPSA) is 58.1 Å². The van der Waals surface area contributed by atoms with Crippen LogP contribution in [0.4, 0.5) is 5.13 Å². The van der Waals surface area contributed by atoms with E-state index in [9.17, 15) is 4.79 Å². The number of carbonyl (C=O) groups excluding carboxylic acids is 1. The van der Waals surface area contributed by atoms with Crippen LogP contribution in [0, 0.1) is 5.92 Å². The van der Waals surface area contributed by atoms with Gasteiger partial charge in [0.25, 0.3) is 0 Å². The Balaban J connectivity index is 1.47. The van der Waals surface area contributed by atoms with Gasteiger partial charge in [-0.3, -0.25) is 4.79 Å². The third kappa shape index (κ3) is 4.95. The summed E-state index contributed by atoms with van der Waals surface area (Å²) in [5.41, 5.74) is 1.40. The van der Waals surface area contributed by atoms with E-state index >= 15 is 0 Å². The summed E-state index contributed by atoms with van der Waals surface area (Å²) in [5.74, 6) is 0.889. The predicted molar refractivity (Wildman–Crippen MR) is 104 cm³/mol. The molecular weight excluding hydrogens is 352 g/mol. The van der Waals surface area contributed by atoms with Gasteiger partial charge < -0.3 is 10.2 Å². The van der Waals surface area contributed by atoms with Gasteiger partial charge in [0.05, 0.1) is 5.25 Å². The molecule has 7 heteroatoms. The van der Waals surface area contributed by atoms with Gasteiger partial charge in [-0.05, 0) is 37.7 Å². The zero-order valence-corrected chi connectivity index (χ0v) is 16.3. The molecule has 1 amide bonds. The Kier molecular flexibility index (Phi) is 6.31. The molecule has 1 aliphatic rings. The Hall–Kier alpha value is -1.60. The number of aromatic nitrogens is 2. The van der Waals surface area contributed by atoms with Crippen LogP contribution in [0.2, 0.25) is 0 Å². The number of amides is 1. The number of nitrogens with one attached hydrogen (secondary N) is 1. The number of hydrogen-bond donors (Lipinski definition) is 1. The van der Waals surface area contributed by atoms with E-state index < -0.39 is 0 Å². The maximum atomic E-state index is 12.7. The minimum atomic E-state index is -0.122. The standard InChI is InChI=1S/C18H24N4OS2/c1-13(24-18-21-20-17(19-2)25-18)16(23)22-10-8-15(9-11-22)12-14-6-4-3-5-7-14/h3-7,13,15H,8-12H2,1-2H3,(H,19,20)/t13-/m1/s1. The molecule has 0 aliphatic carbocycles. The van der Waals surface area contributed by atoms with Crippen molar-refractivity contribution in [3.63, 3.8) is 0 Å². The van der Waals surface area contributed by atoms with Crippen molar-refractivity contribution in [1.29, 1.82) is 0 Å². The first-order chi connectivity index (χ1) is 12.2. The van der Waals surface area contributed by atoms with Crippen LogP contribution >= 0.6 is 23.1 Å². The van der Waals surface area contributed by atoms with Crippen molar-refractivity contribution >= 4 is 34.1 Å². The third-order valence-corrected chi connectivity index (χ3v) is 6.65. The van der Waals surface area contributed by atoms with Crippen LogP contribution in [0.15, 0.2) is 34.7 Å². The minimum absolute atomic E-state index is 0.122. The van der Waals surface area contributed by atoms with Gasteiger partial charge in [-0.25, -0.2) is 0 Å². The molecule has 1 saturated heterocycles. The minimum Gasteiger partial charge on any atom is -0.363 e. The van der Waals surface area contributed by atoms with E-state index in [2.05, 4.69) is 45.8 Å². The molecule has 25 heavy (non-hydrogen) atoms. The number of benzene rings is 1. The molecule has 0 unspecified atom stereocenters. The van der Waals surface area contributed by atoms with Crippen molar-refractivity contribution in [2.75, 3.05) is 25.5 Å². The first-order valence-electron chi connectivity index (χ1n) is 8.66. The van der Waals surface area contributed by atoms with E-state index in [1.807, 2.05) is 18.9 Å². The Bertz CT molecular complexity index is 683. The van der Waals surface area contributed by atoms with E-state index in [1.54, 1.807) is 0 Å². The predicted octanol–water partition coefficient (Wildman–Crippen LogP) is 3.54. The molecule has 3 rings (SSSR count). The van der Waals surface area contributed by atoms with Gasteiger partial charge >= 0.3 is 0 Å². The molecule has 0 radical (unpaired) electrons. The fourth-order valence-corrected chi connectivity index (χ4v) is 5.06. The summed E-state index contributed by atoms with van der Waals surface area (Å²) in [7, 11) is 1.82. The third-order valence-electron chi connectivity index (χ3n) is 4.54. The molecule has 0 spiro atoms. The first kappa shape index (κ1) is 18.2. The van der Waals surface area contributed by atoms with Crippen LogP contribution in [0.3, 0.4) is 0 Å². The van der Waals surface area contributed by atoms with Crippen LogP contribution in [0.25, 0.3) is 0 Å². The highest BCUT2D eigenvalue weighted by Gasteiger charge is 2.27. The van der Waals surface area contributed by atoms with Crippen LogP contribution in [0.1, 0.15) is 25.3 Å². The Morgan fingerprint density at radius 2 is 2.04 bits per heavy atom. The lowest BCUT2D eigenvalue weighted by Gasteiger charge is -2.33. The summed E-state index contributed by atoms with van der Waals surface area (Å²) in [5, 5.41) is 11.8. The molecule has 2 heterocycles. The van der Waals surface area contributed by atoms with Gasteiger partial charge in [0.1, 0.15) is 0 Å². The number of likely N-dealkylation sites (tertiary alicyclic amines) is 1. The van der Waals surface area contributed by atoms with Crippen LogP contribution in [-0.4, -0.2) is 46.4 Å². The largest absolute Gasteiger partial charge is 0.363 e. The van der Waals surface area contributed by atoms with E-state index in [1.165, 1.54) is 28.7 Å². The second-order valence-electron chi connectivity index (χ2n) is 6.34. The molecule has 1 N–H and O–H groups in total. The maximum Gasteiger partial charge on any atom is 0.235 e. The second kappa shape index (κ2) is 8.67. The fourth-order valence-electron chi connectivity index (χ4n) is 3.12. The lowest BCUT2D eigenvalue weighted by atomic mass is 9.90. The highest BCUT2D eigenvalue weighted by molar-refractivity contribution is 8.02. The molecule has 2 aromatic rings. The zero-order valence-electron chi connectivity index (χ0n) is 14.6. The summed E-state index contributed by atoms with van der Waals surface area (Å²) >= 11 is 2.98. The average molecular weight is 377 g/mol. The number of anilines is 1. The molecule has 1 fully saturated rings. The van der Waals surface area contributed by atoms with Gasteiger partial charge in [-0.15, -0.1) is 10.2 Å². The number of nitrogens with zero attached hydrogens (tertiary/aromatic N) is 3. The van der Waals surface area contributed by atoms with E-state index in [0.29, 0.717) is 5.92 Å². The van der Waals surface area contributed by atoms with Gasteiger partial charge in [0.15, 0.2) is 4.34 Å².